The molecular weight excluding hydrogens is 433 g/mol. The Morgan fingerprint density at radius 2 is 0.935 bits per heavy atom. The lowest BCUT2D eigenvalue weighted by Crippen LogP contribution is -1.77. The van der Waals surface area contributed by atoms with Crippen LogP contribution < -0.4 is 0 Å². The highest BCUT2D eigenvalue weighted by Gasteiger charge is 2.16. The molecule has 0 atom stereocenters. The maximum absolute atomic E-state index is 2.45. The molecule has 0 saturated heterocycles. The van der Waals surface area contributed by atoms with E-state index in [1.165, 1.54) is 71.3 Å². The number of fused-ring (bicyclic) bond motifs is 12. The fraction of sp³-hybridized carbons (Fsp3) is 0. The summed E-state index contributed by atoms with van der Waals surface area (Å²) in [5.74, 6) is 0. The van der Waals surface area contributed by atoms with Gasteiger partial charge in [-0.2, -0.15) is 0 Å². The maximum atomic E-state index is 2.45. The van der Waals surface area contributed by atoms with Gasteiger partial charge in [0.2, 0.25) is 0 Å². The molecule has 31 heavy (non-hydrogen) atoms. The molecule has 5 aromatic carbocycles. The highest BCUT2D eigenvalue weighted by atomic mass is 32.1. The molecule has 3 aromatic heterocycles. The zero-order valence-corrected chi connectivity index (χ0v) is 18.8. The van der Waals surface area contributed by atoms with Gasteiger partial charge in [0.25, 0.3) is 0 Å². The zero-order chi connectivity index (χ0) is 20.1. The molecule has 0 unspecified atom stereocenters. The Labute approximate surface area is 189 Å². The van der Waals surface area contributed by atoms with Gasteiger partial charge in [-0.1, -0.05) is 48.5 Å². The second kappa shape index (κ2) is 5.83. The van der Waals surface area contributed by atoms with Crippen molar-refractivity contribution in [2.75, 3.05) is 0 Å². The average Bonchev–Trinajstić information content (AvgIpc) is 3.47. The molecule has 0 aliphatic rings. The van der Waals surface area contributed by atoms with Crippen LogP contribution in [0, 0.1) is 0 Å². The summed E-state index contributed by atoms with van der Waals surface area (Å²) in [7, 11) is 0. The Bertz CT molecular complexity index is 2000. The van der Waals surface area contributed by atoms with E-state index in [1.54, 1.807) is 0 Å². The van der Waals surface area contributed by atoms with Crippen molar-refractivity contribution in [2.45, 2.75) is 0 Å². The summed E-state index contributed by atoms with van der Waals surface area (Å²) in [5.41, 5.74) is 0. The van der Waals surface area contributed by atoms with Crippen molar-refractivity contribution in [1.82, 2.24) is 0 Å². The van der Waals surface area contributed by atoms with E-state index in [0.29, 0.717) is 0 Å². The lowest BCUT2D eigenvalue weighted by molar-refractivity contribution is 1.87. The number of rotatable bonds is 0. The summed E-state index contributed by atoms with van der Waals surface area (Å²) in [6.45, 7) is 0. The number of hydrogen-bond acceptors (Lipinski definition) is 3. The van der Waals surface area contributed by atoms with Gasteiger partial charge in [-0.3, -0.25) is 0 Å². The van der Waals surface area contributed by atoms with Gasteiger partial charge in [0.1, 0.15) is 0 Å². The Morgan fingerprint density at radius 3 is 1.74 bits per heavy atom. The third-order valence-corrected chi connectivity index (χ3v) is 9.84. The average molecular weight is 447 g/mol. The van der Waals surface area contributed by atoms with Crippen molar-refractivity contribution in [2.24, 2.45) is 0 Å². The summed E-state index contributed by atoms with van der Waals surface area (Å²) in [5, 5.41) is 11.1. The monoisotopic (exact) mass is 446 g/mol. The Balaban J connectivity index is 1.66. The summed E-state index contributed by atoms with van der Waals surface area (Å²) < 4.78 is 8.27. The fourth-order valence-electron chi connectivity index (χ4n) is 5.12. The van der Waals surface area contributed by atoms with Crippen LogP contribution in [0.25, 0.3) is 71.3 Å². The Morgan fingerprint density at radius 1 is 0.355 bits per heavy atom. The smallest absolute Gasteiger partial charge is 0.0370 e. The number of thiophene rings is 3. The number of benzene rings is 5. The molecule has 0 radical (unpaired) electrons. The highest BCUT2D eigenvalue weighted by molar-refractivity contribution is 7.28. The largest absolute Gasteiger partial charge is 0.135 e. The van der Waals surface area contributed by atoms with Crippen LogP contribution in [0.3, 0.4) is 0 Å². The van der Waals surface area contributed by atoms with E-state index >= 15 is 0 Å². The predicted molar refractivity (Wildman–Crippen MR) is 143 cm³/mol. The van der Waals surface area contributed by atoms with Gasteiger partial charge < -0.3 is 0 Å². The first-order valence-electron chi connectivity index (χ1n) is 10.4. The highest BCUT2D eigenvalue weighted by Crippen LogP contribution is 2.47. The lowest BCUT2D eigenvalue weighted by Gasteiger charge is -2.04. The molecule has 0 aliphatic carbocycles. The summed E-state index contributed by atoms with van der Waals surface area (Å²) in [6.07, 6.45) is 0. The molecule has 8 rings (SSSR count). The third-order valence-electron chi connectivity index (χ3n) is 6.45. The van der Waals surface area contributed by atoms with Crippen molar-refractivity contribution in [1.29, 1.82) is 0 Å². The topological polar surface area (TPSA) is 0 Å². The van der Waals surface area contributed by atoms with Crippen LogP contribution in [0.5, 0.6) is 0 Å². The van der Waals surface area contributed by atoms with Gasteiger partial charge in [-0.15, -0.1) is 34.0 Å². The van der Waals surface area contributed by atoms with Crippen LogP contribution in [0.4, 0.5) is 0 Å². The van der Waals surface area contributed by atoms with Crippen molar-refractivity contribution in [3.63, 3.8) is 0 Å². The van der Waals surface area contributed by atoms with Gasteiger partial charge >= 0.3 is 0 Å². The second-order valence-electron chi connectivity index (χ2n) is 8.12. The minimum absolute atomic E-state index is 1.33. The lowest BCUT2D eigenvalue weighted by atomic mass is 9.98. The molecule has 0 saturated carbocycles. The van der Waals surface area contributed by atoms with E-state index in [1.807, 2.05) is 34.0 Å². The van der Waals surface area contributed by atoms with E-state index in [2.05, 4.69) is 84.9 Å². The van der Waals surface area contributed by atoms with Crippen LogP contribution in [-0.4, -0.2) is 0 Å². The van der Waals surface area contributed by atoms with Crippen molar-refractivity contribution >= 4 is 105 Å². The van der Waals surface area contributed by atoms with Crippen LogP contribution >= 0.6 is 34.0 Å². The molecule has 8 aromatic rings. The van der Waals surface area contributed by atoms with E-state index in [4.69, 9.17) is 0 Å². The molecule has 0 fully saturated rings. The van der Waals surface area contributed by atoms with Crippen LogP contribution in [0.15, 0.2) is 84.9 Å². The van der Waals surface area contributed by atoms with E-state index < -0.39 is 0 Å². The van der Waals surface area contributed by atoms with Gasteiger partial charge in [0, 0.05) is 65.9 Å². The van der Waals surface area contributed by atoms with E-state index in [9.17, 15) is 0 Å². The molecule has 0 spiro atoms. The Kier molecular flexibility index (Phi) is 3.14. The quantitative estimate of drug-likeness (QED) is 0.217. The first kappa shape index (κ1) is 16.7. The van der Waals surface area contributed by atoms with E-state index in [-0.39, 0.29) is 0 Å². The molecular formula is C28H14S3. The molecule has 0 amide bonds. The first-order valence-corrected chi connectivity index (χ1v) is 12.8. The Hall–Kier alpha value is -2.98. The van der Waals surface area contributed by atoms with Gasteiger partial charge in [0.15, 0.2) is 0 Å². The van der Waals surface area contributed by atoms with Crippen molar-refractivity contribution in [3.8, 4) is 0 Å². The minimum Gasteiger partial charge on any atom is -0.135 e. The fourth-order valence-corrected chi connectivity index (χ4v) is 8.57. The second-order valence-corrected chi connectivity index (χ2v) is 11.4. The SMILES string of the molecule is c1ccc2c(c1)sc1cc3sc4ccc5ccc6sc7ccccc7c6c5c4c3cc12. The molecule has 0 bridgehead atoms. The summed E-state index contributed by atoms with van der Waals surface area (Å²) >= 11 is 5.74. The molecule has 3 heterocycles. The van der Waals surface area contributed by atoms with Crippen molar-refractivity contribution < 1.29 is 0 Å². The number of hydrogen-bond donors (Lipinski definition) is 0. The van der Waals surface area contributed by atoms with Crippen LogP contribution in [-0.2, 0) is 0 Å². The zero-order valence-electron chi connectivity index (χ0n) is 16.3. The van der Waals surface area contributed by atoms with Crippen LogP contribution in [0.2, 0.25) is 0 Å². The molecule has 3 heteroatoms. The van der Waals surface area contributed by atoms with Crippen molar-refractivity contribution in [3.05, 3.63) is 84.9 Å². The predicted octanol–water partition coefficient (Wildman–Crippen LogP) is 9.94. The van der Waals surface area contributed by atoms with Gasteiger partial charge in [0.05, 0.1) is 0 Å². The molecule has 0 aliphatic heterocycles. The van der Waals surface area contributed by atoms with E-state index in [0.717, 1.165) is 0 Å². The molecule has 144 valence electrons. The maximum Gasteiger partial charge on any atom is 0.0370 e. The summed E-state index contributed by atoms with van der Waals surface area (Å²) in [4.78, 5) is 0. The standard InChI is InChI=1S/C28H14S3/c1-3-7-20-16(5-1)18-13-19-25(14-24(18)30-20)31-23-12-10-15-9-11-22-27(26(15)28(19)23)17-6-2-4-8-21(17)29-22/h1-14H. The molecule has 0 nitrogen and oxygen atoms in total. The normalized spacial score (nSPS) is 12.5. The third kappa shape index (κ3) is 2.13. The van der Waals surface area contributed by atoms with Gasteiger partial charge in [-0.05, 0) is 41.8 Å². The molecule has 0 N–H and O–H groups in total. The van der Waals surface area contributed by atoms with Crippen LogP contribution in [0.1, 0.15) is 0 Å². The summed E-state index contributed by atoms with van der Waals surface area (Å²) in [6, 6.07) is 31.7. The first-order chi connectivity index (χ1) is 15.3. The van der Waals surface area contributed by atoms with Gasteiger partial charge in [-0.25, -0.2) is 0 Å². The minimum atomic E-state index is 1.33.